The quantitative estimate of drug-likeness (QED) is 0.515. The lowest BCUT2D eigenvalue weighted by Gasteiger charge is -2.14. The van der Waals surface area contributed by atoms with E-state index in [1.807, 2.05) is 60.7 Å². The van der Waals surface area contributed by atoms with Gasteiger partial charge in [-0.3, -0.25) is 14.5 Å². The zero-order valence-electron chi connectivity index (χ0n) is 15.4. The van der Waals surface area contributed by atoms with E-state index < -0.39 is 0 Å². The van der Waals surface area contributed by atoms with Crippen molar-refractivity contribution >= 4 is 51.9 Å². The van der Waals surface area contributed by atoms with E-state index in [0.717, 1.165) is 33.7 Å². The summed E-state index contributed by atoms with van der Waals surface area (Å²) in [5.74, 6) is 0.695. The Hall–Kier alpha value is -2.64. The van der Waals surface area contributed by atoms with Crippen LogP contribution in [-0.2, 0) is 4.79 Å². The largest absolute Gasteiger partial charge is 0.497 e. The van der Waals surface area contributed by atoms with Crippen LogP contribution in [0.2, 0.25) is 0 Å². The summed E-state index contributed by atoms with van der Waals surface area (Å²) in [6.07, 6.45) is 2.76. The lowest BCUT2D eigenvalue weighted by molar-refractivity contribution is -0.116. The predicted molar refractivity (Wildman–Crippen MR) is 118 cm³/mol. The van der Waals surface area contributed by atoms with Crippen molar-refractivity contribution in [3.8, 4) is 5.75 Å². The molecular weight excluding hydrogens is 392 g/mol. The average Bonchev–Trinajstić information content (AvgIpc) is 2.96. The van der Waals surface area contributed by atoms with E-state index in [2.05, 4.69) is 5.32 Å². The molecule has 0 saturated carbocycles. The average molecular weight is 413 g/mol. The number of rotatable bonds is 7. The number of hydrogen-bond donors (Lipinski definition) is 1. The SMILES string of the molecule is COc1ccc(/C=C2\SC(=O)N(CCCC(=O)Nc3ccccc3)C2=S)cc1. The van der Waals surface area contributed by atoms with Crippen molar-refractivity contribution in [3.05, 3.63) is 65.1 Å². The Morgan fingerprint density at radius 2 is 1.89 bits per heavy atom. The normalized spacial score (nSPS) is 15.2. The van der Waals surface area contributed by atoms with E-state index >= 15 is 0 Å². The molecule has 0 radical (unpaired) electrons. The van der Waals surface area contributed by atoms with Crippen molar-refractivity contribution in [1.29, 1.82) is 0 Å². The zero-order chi connectivity index (χ0) is 19.9. The van der Waals surface area contributed by atoms with Gasteiger partial charge in [0.15, 0.2) is 0 Å². The van der Waals surface area contributed by atoms with E-state index in [1.165, 1.54) is 0 Å². The zero-order valence-corrected chi connectivity index (χ0v) is 17.0. The van der Waals surface area contributed by atoms with Crippen LogP contribution in [0, 0.1) is 0 Å². The van der Waals surface area contributed by atoms with Gasteiger partial charge in [-0.1, -0.05) is 42.5 Å². The van der Waals surface area contributed by atoms with Crippen LogP contribution in [0.5, 0.6) is 5.75 Å². The van der Waals surface area contributed by atoms with Gasteiger partial charge in [-0.05, 0) is 54.1 Å². The molecule has 144 valence electrons. The summed E-state index contributed by atoms with van der Waals surface area (Å²) in [5, 5.41) is 2.73. The van der Waals surface area contributed by atoms with Crippen molar-refractivity contribution in [3.63, 3.8) is 0 Å². The Labute approximate surface area is 173 Å². The summed E-state index contributed by atoms with van der Waals surface area (Å²) < 4.78 is 5.15. The molecule has 2 aromatic rings. The van der Waals surface area contributed by atoms with Gasteiger partial charge in [0.05, 0.1) is 12.0 Å². The third-order valence-corrected chi connectivity index (χ3v) is 5.63. The summed E-state index contributed by atoms with van der Waals surface area (Å²) in [5.41, 5.74) is 1.71. The number of thioether (sulfide) groups is 1. The topological polar surface area (TPSA) is 58.6 Å². The Morgan fingerprint density at radius 3 is 2.57 bits per heavy atom. The second kappa shape index (κ2) is 9.52. The molecule has 0 spiro atoms. The summed E-state index contributed by atoms with van der Waals surface area (Å²) in [7, 11) is 1.62. The fraction of sp³-hybridized carbons (Fsp3) is 0.190. The molecule has 7 heteroatoms. The molecule has 0 atom stereocenters. The maximum atomic E-state index is 12.3. The van der Waals surface area contributed by atoms with Gasteiger partial charge in [-0.25, -0.2) is 0 Å². The van der Waals surface area contributed by atoms with Crippen LogP contribution < -0.4 is 10.1 Å². The van der Waals surface area contributed by atoms with E-state index in [4.69, 9.17) is 17.0 Å². The van der Waals surface area contributed by atoms with Crippen LogP contribution >= 0.6 is 24.0 Å². The number of thiocarbonyl (C=S) groups is 1. The number of anilines is 1. The van der Waals surface area contributed by atoms with Gasteiger partial charge in [0, 0.05) is 18.7 Å². The first-order valence-electron chi connectivity index (χ1n) is 8.81. The molecule has 0 unspecified atom stereocenters. The molecule has 5 nitrogen and oxygen atoms in total. The minimum Gasteiger partial charge on any atom is -0.497 e. The van der Waals surface area contributed by atoms with Crippen molar-refractivity contribution in [2.45, 2.75) is 12.8 Å². The maximum absolute atomic E-state index is 12.3. The lowest BCUT2D eigenvalue weighted by Crippen LogP contribution is -2.28. The molecule has 3 rings (SSSR count). The summed E-state index contributed by atoms with van der Waals surface area (Å²) >= 11 is 6.58. The number of methoxy groups -OCH3 is 1. The van der Waals surface area contributed by atoms with Gasteiger partial charge in [0.2, 0.25) is 5.91 Å². The van der Waals surface area contributed by atoms with E-state index in [0.29, 0.717) is 24.4 Å². The van der Waals surface area contributed by atoms with Gasteiger partial charge >= 0.3 is 0 Å². The van der Waals surface area contributed by atoms with Crippen molar-refractivity contribution in [1.82, 2.24) is 4.90 Å². The fourth-order valence-corrected chi connectivity index (χ4v) is 3.98. The first kappa shape index (κ1) is 20.1. The molecule has 2 amide bonds. The fourth-order valence-electron chi connectivity index (χ4n) is 2.69. The highest BCUT2D eigenvalue weighted by Crippen LogP contribution is 2.33. The van der Waals surface area contributed by atoms with Crippen molar-refractivity contribution in [2.75, 3.05) is 19.0 Å². The minimum atomic E-state index is -0.103. The predicted octanol–water partition coefficient (Wildman–Crippen LogP) is 4.95. The lowest BCUT2D eigenvalue weighted by atomic mass is 10.2. The number of amides is 2. The molecule has 2 aromatic carbocycles. The number of nitrogens with one attached hydrogen (secondary N) is 1. The van der Waals surface area contributed by atoms with Crippen LogP contribution in [0.25, 0.3) is 6.08 Å². The van der Waals surface area contributed by atoms with Gasteiger partial charge in [0.25, 0.3) is 5.24 Å². The first-order valence-corrected chi connectivity index (χ1v) is 10.0. The Morgan fingerprint density at radius 1 is 1.18 bits per heavy atom. The highest BCUT2D eigenvalue weighted by atomic mass is 32.2. The highest BCUT2D eigenvalue weighted by molar-refractivity contribution is 8.19. The number of benzene rings is 2. The second-order valence-corrected chi connectivity index (χ2v) is 7.50. The summed E-state index contributed by atoms with van der Waals surface area (Å²) in [4.78, 5) is 27.1. The number of carbonyl (C=O) groups is 2. The first-order chi connectivity index (χ1) is 13.6. The molecule has 28 heavy (non-hydrogen) atoms. The third kappa shape index (κ3) is 5.21. The maximum Gasteiger partial charge on any atom is 0.291 e. The minimum absolute atomic E-state index is 0.0783. The molecule has 1 N–H and O–H groups in total. The molecule has 1 saturated heterocycles. The Bertz CT molecular complexity index is 896. The molecule has 1 heterocycles. The highest BCUT2D eigenvalue weighted by Gasteiger charge is 2.31. The number of ether oxygens (including phenoxy) is 1. The van der Waals surface area contributed by atoms with E-state index in [1.54, 1.807) is 12.0 Å². The van der Waals surface area contributed by atoms with Crippen LogP contribution in [0.4, 0.5) is 10.5 Å². The van der Waals surface area contributed by atoms with Gasteiger partial charge < -0.3 is 10.1 Å². The van der Waals surface area contributed by atoms with E-state index in [9.17, 15) is 9.59 Å². The molecule has 1 aliphatic heterocycles. The number of hydrogen-bond acceptors (Lipinski definition) is 5. The number of para-hydroxylation sites is 1. The van der Waals surface area contributed by atoms with Gasteiger partial charge in [-0.2, -0.15) is 0 Å². The van der Waals surface area contributed by atoms with Gasteiger partial charge in [0.1, 0.15) is 10.7 Å². The molecule has 0 aromatic heterocycles. The Kier molecular flexibility index (Phi) is 6.84. The van der Waals surface area contributed by atoms with Crippen LogP contribution in [-0.4, -0.2) is 34.7 Å². The smallest absolute Gasteiger partial charge is 0.291 e. The monoisotopic (exact) mass is 412 g/mol. The molecule has 1 aliphatic rings. The van der Waals surface area contributed by atoms with Crippen LogP contribution in [0.3, 0.4) is 0 Å². The molecular formula is C21H20N2O3S2. The third-order valence-electron chi connectivity index (χ3n) is 4.13. The van der Waals surface area contributed by atoms with Crippen molar-refractivity contribution in [2.24, 2.45) is 0 Å². The summed E-state index contributed by atoms with van der Waals surface area (Å²) in [6.45, 7) is 0.423. The summed E-state index contributed by atoms with van der Waals surface area (Å²) in [6, 6.07) is 16.8. The Balaban J connectivity index is 1.53. The van der Waals surface area contributed by atoms with E-state index in [-0.39, 0.29) is 11.1 Å². The second-order valence-electron chi connectivity index (χ2n) is 6.12. The van der Waals surface area contributed by atoms with Crippen molar-refractivity contribution < 1.29 is 14.3 Å². The van der Waals surface area contributed by atoms with Gasteiger partial charge in [-0.15, -0.1) is 0 Å². The standard InChI is InChI=1S/C21H20N2O3S2/c1-26-17-11-9-15(10-12-17)14-18-20(27)23(21(25)28-18)13-5-8-19(24)22-16-6-3-2-4-7-16/h2-4,6-7,9-12,14H,5,8,13H2,1H3,(H,22,24)/b18-14-. The van der Waals surface area contributed by atoms with Crippen LogP contribution in [0.1, 0.15) is 18.4 Å². The molecule has 0 bridgehead atoms. The van der Waals surface area contributed by atoms with Crippen LogP contribution in [0.15, 0.2) is 59.5 Å². The number of carbonyl (C=O) groups excluding carboxylic acids is 2. The number of nitrogens with zero attached hydrogens (tertiary/aromatic N) is 1. The molecule has 0 aliphatic carbocycles. The molecule has 1 fully saturated rings.